The Bertz CT molecular complexity index is 454. The average Bonchev–Trinajstić information content (AvgIpc) is 2.24. The molecule has 1 amide bonds. The lowest BCUT2D eigenvalue weighted by Crippen LogP contribution is -2.51. The van der Waals surface area contributed by atoms with Gasteiger partial charge in [0.05, 0.1) is 6.04 Å². The Morgan fingerprint density at radius 3 is 2.15 bits per heavy atom. The highest BCUT2D eigenvalue weighted by molar-refractivity contribution is 5.82. The van der Waals surface area contributed by atoms with Gasteiger partial charge >= 0.3 is 0 Å². The van der Waals surface area contributed by atoms with Crippen LogP contribution in [0.3, 0.4) is 0 Å². The van der Waals surface area contributed by atoms with Gasteiger partial charge in [0, 0.05) is 6.04 Å². The first-order chi connectivity index (χ1) is 9.09. The number of carbonyl (C=O) groups excluding carboxylic acids is 1. The number of benzene rings is 1. The fourth-order valence-corrected chi connectivity index (χ4v) is 2.32. The molecule has 0 aliphatic rings. The summed E-state index contributed by atoms with van der Waals surface area (Å²) in [7, 11) is 0. The number of aryl methyl sites for hydroxylation is 2. The lowest BCUT2D eigenvalue weighted by Gasteiger charge is -2.27. The van der Waals surface area contributed by atoms with Gasteiger partial charge in [-0.1, -0.05) is 50.1 Å². The summed E-state index contributed by atoms with van der Waals surface area (Å²) < 4.78 is 0. The van der Waals surface area contributed by atoms with E-state index in [2.05, 4.69) is 37.4 Å². The summed E-state index contributed by atoms with van der Waals surface area (Å²) in [6.45, 7) is 12.1. The van der Waals surface area contributed by atoms with E-state index in [0.717, 1.165) is 6.42 Å². The normalized spacial score (nSPS) is 14.8. The molecule has 2 atom stereocenters. The Kier molecular flexibility index (Phi) is 5.35. The van der Waals surface area contributed by atoms with E-state index in [1.54, 1.807) is 0 Å². The molecule has 112 valence electrons. The third-order valence-electron chi connectivity index (χ3n) is 3.43. The van der Waals surface area contributed by atoms with Gasteiger partial charge in [-0.15, -0.1) is 0 Å². The van der Waals surface area contributed by atoms with Crippen molar-refractivity contribution in [3.63, 3.8) is 0 Å². The molecule has 3 N–H and O–H groups in total. The molecule has 0 radical (unpaired) electrons. The monoisotopic (exact) mass is 276 g/mol. The Hall–Kier alpha value is -1.35. The maximum atomic E-state index is 12.1. The summed E-state index contributed by atoms with van der Waals surface area (Å²) in [5.41, 5.74) is 9.51. The first-order valence-electron chi connectivity index (χ1n) is 7.22. The Balaban J connectivity index is 2.64. The van der Waals surface area contributed by atoms with E-state index in [9.17, 15) is 4.79 Å². The summed E-state index contributed by atoms with van der Waals surface area (Å²) in [5.74, 6) is -0.0747. The molecule has 3 nitrogen and oxygen atoms in total. The van der Waals surface area contributed by atoms with Crippen LogP contribution in [-0.2, 0) is 11.2 Å². The molecule has 0 spiro atoms. The van der Waals surface area contributed by atoms with Crippen LogP contribution in [0.5, 0.6) is 0 Å². The van der Waals surface area contributed by atoms with Crippen molar-refractivity contribution in [2.75, 3.05) is 0 Å². The Labute approximate surface area is 122 Å². The van der Waals surface area contributed by atoms with Gasteiger partial charge in [-0.05, 0) is 38.2 Å². The predicted molar refractivity (Wildman–Crippen MR) is 84.7 cm³/mol. The fraction of sp³-hybridized carbons (Fsp3) is 0.588. The molecule has 0 heterocycles. The van der Waals surface area contributed by atoms with Crippen LogP contribution in [0.25, 0.3) is 0 Å². The van der Waals surface area contributed by atoms with Gasteiger partial charge in [-0.2, -0.15) is 0 Å². The van der Waals surface area contributed by atoms with E-state index in [0.29, 0.717) is 0 Å². The van der Waals surface area contributed by atoms with Gasteiger partial charge in [0.15, 0.2) is 0 Å². The molecule has 0 saturated carbocycles. The SMILES string of the molecule is Cc1cc(C)cc(CC(C)NC(=O)[C@@H](N)C(C)(C)C)c1. The second kappa shape index (κ2) is 6.40. The molecule has 0 saturated heterocycles. The maximum absolute atomic E-state index is 12.1. The van der Waals surface area contributed by atoms with Crippen LogP contribution in [0.4, 0.5) is 0 Å². The number of carbonyl (C=O) groups is 1. The van der Waals surface area contributed by atoms with Crippen molar-refractivity contribution in [2.24, 2.45) is 11.1 Å². The molecule has 1 aromatic rings. The molecule has 0 aliphatic heterocycles. The van der Waals surface area contributed by atoms with E-state index < -0.39 is 6.04 Å². The van der Waals surface area contributed by atoms with Gasteiger partial charge in [0.25, 0.3) is 0 Å². The van der Waals surface area contributed by atoms with Gasteiger partial charge in [-0.3, -0.25) is 4.79 Å². The van der Waals surface area contributed by atoms with Gasteiger partial charge in [0.2, 0.25) is 5.91 Å². The van der Waals surface area contributed by atoms with Crippen LogP contribution in [-0.4, -0.2) is 18.0 Å². The highest BCUT2D eigenvalue weighted by Crippen LogP contribution is 2.17. The number of hydrogen-bond acceptors (Lipinski definition) is 2. The van der Waals surface area contributed by atoms with E-state index in [-0.39, 0.29) is 17.4 Å². The quantitative estimate of drug-likeness (QED) is 0.888. The first kappa shape index (κ1) is 16.7. The highest BCUT2D eigenvalue weighted by Gasteiger charge is 2.28. The average molecular weight is 276 g/mol. The summed E-state index contributed by atoms with van der Waals surface area (Å²) >= 11 is 0. The van der Waals surface area contributed by atoms with Crippen LogP contribution in [0.2, 0.25) is 0 Å². The van der Waals surface area contributed by atoms with Crippen LogP contribution in [0.15, 0.2) is 18.2 Å². The molecule has 0 bridgehead atoms. The number of nitrogens with two attached hydrogens (primary N) is 1. The topological polar surface area (TPSA) is 55.1 Å². The molecule has 20 heavy (non-hydrogen) atoms. The van der Waals surface area contributed by atoms with Crippen LogP contribution >= 0.6 is 0 Å². The van der Waals surface area contributed by atoms with Crippen molar-refractivity contribution in [1.82, 2.24) is 5.32 Å². The third kappa shape index (κ3) is 4.97. The van der Waals surface area contributed by atoms with Crippen molar-refractivity contribution in [1.29, 1.82) is 0 Å². The highest BCUT2D eigenvalue weighted by atomic mass is 16.2. The minimum Gasteiger partial charge on any atom is -0.352 e. The number of amides is 1. The fourth-order valence-electron chi connectivity index (χ4n) is 2.32. The van der Waals surface area contributed by atoms with E-state index in [1.807, 2.05) is 27.7 Å². The summed E-state index contributed by atoms with van der Waals surface area (Å²) in [5, 5.41) is 3.01. The van der Waals surface area contributed by atoms with Gasteiger partial charge < -0.3 is 11.1 Å². The van der Waals surface area contributed by atoms with Crippen molar-refractivity contribution in [2.45, 2.75) is 60.0 Å². The lowest BCUT2D eigenvalue weighted by molar-refractivity contribution is -0.125. The smallest absolute Gasteiger partial charge is 0.237 e. The number of hydrogen-bond donors (Lipinski definition) is 2. The Morgan fingerprint density at radius 2 is 1.70 bits per heavy atom. The standard InChI is InChI=1S/C17H28N2O/c1-11-7-12(2)9-14(8-11)10-13(3)19-16(20)15(18)17(4,5)6/h7-9,13,15H,10,18H2,1-6H3,(H,19,20)/t13?,15-/m1/s1. The van der Waals surface area contributed by atoms with E-state index in [1.165, 1.54) is 16.7 Å². The molecular formula is C17H28N2O. The largest absolute Gasteiger partial charge is 0.352 e. The van der Waals surface area contributed by atoms with Crippen LogP contribution in [0, 0.1) is 19.3 Å². The zero-order valence-electron chi connectivity index (χ0n) is 13.6. The second-order valence-corrected chi connectivity index (χ2v) is 6.95. The maximum Gasteiger partial charge on any atom is 0.237 e. The zero-order chi connectivity index (χ0) is 15.5. The van der Waals surface area contributed by atoms with Gasteiger partial charge in [-0.25, -0.2) is 0 Å². The van der Waals surface area contributed by atoms with Crippen molar-refractivity contribution in [3.8, 4) is 0 Å². The molecule has 1 aromatic carbocycles. The molecule has 1 rings (SSSR count). The number of nitrogens with one attached hydrogen (secondary N) is 1. The Morgan fingerprint density at radius 1 is 1.20 bits per heavy atom. The summed E-state index contributed by atoms with van der Waals surface area (Å²) in [4.78, 5) is 12.1. The lowest BCUT2D eigenvalue weighted by atomic mass is 9.86. The number of rotatable bonds is 4. The summed E-state index contributed by atoms with van der Waals surface area (Å²) in [6.07, 6.45) is 0.825. The third-order valence-corrected chi connectivity index (χ3v) is 3.43. The molecule has 1 unspecified atom stereocenters. The molecule has 0 fully saturated rings. The van der Waals surface area contributed by atoms with E-state index >= 15 is 0 Å². The van der Waals surface area contributed by atoms with Crippen molar-refractivity contribution < 1.29 is 4.79 Å². The first-order valence-corrected chi connectivity index (χ1v) is 7.22. The predicted octanol–water partition coefficient (Wildman–Crippen LogP) is 2.72. The molecular weight excluding hydrogens is 248 g/mol. The molecule has 3 heteroatoms. The minimum atomic E-state index is -0.482. The van der Waals surface area contributed by atoms with Crippen molar-refractivity contribution >= 4 is 5.91 Å². The van der Waals surface area contributed by atoms with Crippen LogP contribution < -0.4 is 11.1 Å². The second-order valence-electron chi connectivity index (χ2n) is 6.95. The minimum absolute atomic E-state index is 0.0747. The summed E-state index contributed by atoms with van der Waals surface area (Å²) in [6, 6.07) is 6.09. The molecule has 0 aromatic heterocycles. The van der Waals surface area contributed by atoms with Crippen LogP contribution in [0.1, 0.15) is 44.4 Å². The van der Waals surface area contributed by atoms with Crippen molar-refractivity contribution in [3.05, 3.63) is 34.9 Å². The molecule has 0 aliphatic carbocycles. The van der Waals surface area contributed by atoms with E-state index in [4.69, 9.17) is 5.73 Å². The van der Waals surface area contributed by atoms with Gasteiger partial charge in [0.1, 0.15) is 0 Å². The zero-order valence-corrected chi connectivity index (χ0v) is 13.6.